The van der Waals surface area contributed by atoms with Gasteiger partial charge in [0.1, 0.15) is 5.69 Å². The number of nitro benzene ring substituents is 1. The third kappa shape index (κ3) is 2.00. The van der Waals surface area contributed by atoms with Gasteiger partial charge in [-0.15, -0.1) is 0 Å². The molecule has 0 unspecified atom stereocenters. The number of anilines is 2. The number of nitrogens with zero attached hydrogens (tertiary/aromatic N) is 3. The molecular formula is C10H10N4O2. The van der Waals surface area contributed by atoms with Crippen LogP contribution in [0.15, 0.2) is 36.7 Å². The fraction of sp³-hybridized carbons (Fsp3) is 0.100. The Hall–Kier alpha value is -2.37. The van der Waals surface area contributed by atoms with Crippen molar-refractivity contribution in [2.24, 2.45) is 7.05 Å². The Balaban J connectivity index is 2.31. The van der Waals surface area contributed by atoms with Crippen molar-refractivity contribution in [3.05, 3.63) is 46.8 Å². The lowest BCUT2D eigenvalue weighted by Crippen LogP contribution is -1.95. The molecule has 0 saturated heterocycles. The van der Waals surface area contributed by atoms with Crippen molar-refractivity contribution in [3.8, 4) is 0 Å². The van der Waals surface area contributed by atoms with Crippen LogP contribution in [0.3, 0.4) is 0 Å². The van der Waals surface area contributed by atoms with Crippen LogP contribution in [0.4, 0.5) is 17.1 Å². The van der Waals surface area contributed by atoms with E-state index in [2.05, 4.69) is 10.4 Å². The van der Waals surface area contributed by atoms with Gasteiger partial charge >= 0.3 is 0 Å². The molecule has 0 aliphatic rings. The predicted molar refractivity (Wildman–Crippen MR) is 59.6 cm³/mol. The van der Waals surface area contributed by atoms with Crippen LogP contribution in [0.5, 0.6) is 0 Å². The molecule has 0 aliphatic heterocycles. The van der Waals surface area contributed by atoms with Gasteiger partial charge in [-0.2, -0.15) is 5.10 Å². The summed E-state index contributed by atoms with van der Waals surface area (Å²) in [6, 6.07) is 6.49. The van der Waals surface area contributed by atoms with Gasteiger partial charge in [0.15, 0.2) is 0 Å². The monoisotopic (exact) mass is 218 g/mol. The fourth-order valence-corrected chi connectivity index (χ4v) is 1.38. The number of rotatable bonds is 3. The van der Waals surface area contributed by atoms with Crippen LogP contribution in [0.2, 0.25) is 0 Å². The number of aromatic nitrogens is 2. The summed E-state index contributed by atoms with van der Waals surface area (Å²) in [5.74, 6) is 0. The van der Waals surface area contributed by atoms with Gasteiger partial charge in [-0.25, -0.2) is 0 Å². The molecule has 1 heterocycles. The van der Waals surface area contributed by atoms with Crippen molar-refractivity contribution in [2.45, 2.75) is 0 Å². The van der Waals surface area contributed by atoms with Crippen LogP contribution < -0.4 is 5.32 Å². The summed E-state index contributed by atoms with van der Waals surface area (Å²) in [6.45, 7) is 0. The lowest BCUT2D eigenvalue weighted by atomic mass is 10.2. The third-order valence-corrected chi connectivity index (χ3v) is 2.08. The van der Waals surface area contributed by atoms with Crippen LogP contribution in [0.1, 0.15) is 0 Å². The van der Waals surface area contributed by atoms with Gasteiger partial charge in [0.25, 0.3) is 5.69 Å². The van der Waals surface area contributed by atoms with E-state index in [0.717, 1.165) is 5.69 Å². The molecule has 1 aromatic heterocycles. The molecule has 2 aromatic rings. The Morgan fingerprint density at radius 3 is 2.81 bits per heavy atom. The average molecular weight is 218 g/mol. The summed E-state index contributed by atoms with van der Waals surface area (Å²) >= 11 is 0. The second-order valence-electron chi connectivity index (χ2n) is 3.30. The molecule has 1 N–H and O–H groups in total. The molecule has 82 valence electrons. The molecule has 0 aliphatic carbocycles. The number of hydrogen-bond acceptors (Lipinski definition) is 4. The Morgan fingerprint density at radius 2 is 2.19 bits per heavy atom. The minimum atomic E-state index is -0.418. The molecule has 1 aromatic carbocycles. The van der Waals surface area contributed by atoms with E-state index >= 15 is 0 Å². The molecular weight excluding hydrogens is 208 g/mol. The highest BCUT2D eigenvalue weighted by molar-refractivity contribution is 5.68. The van der Waals surface area contributed by atoms with Gasteiger partial charge in [0.05, 0.1) is 16.8 Å². The molecule has 0 bridgehead atoms. The molecule has 0 saturated carbocycles. The maximum absolute atomic E-state index is 10.8. The van der Waals surface area contributed by atoms with E-state index in [1.54, 1.807) is 42.3 Å². The Bertz CT molecular complexity index is 521. The minimum absolute atomic E-state index is 0.0475. The lowest BCUT2D eigenvalue weighted by molar-refractivity contribution is -0.383. The van der Waals surface area contributed by atoms with Crippen LogP contribution >= 0.6 is 0 Å². The first-order valence-corrected chi connectivity index (χ1v) is 4.66. The molecule has 6 heteroatoms. The molecule has 0 spiro atoms. The van der Waals surface area contributed by atoms with Crippen molar-refractivity contribution in [1.29, 1.82) is 0 Å². The number of para-hydroxylation sites is 2. The molecule has 2 rings (SSSR count). The zero-order valence-corrected chi connectivity index (χ0v) is 8.62. The molecule has 16 heavy (non-hydrogen) atoms. The normalized spacial score (nSPS) is 10.1. The summed E-state index contributed by atoms with van der Waals surface area (Å²) < 4.78 is 1.62. The van der Waals surface area contributed by atoms with E-state index in [0.29, 0.717) is 5.69 Å². The zero-order chi connectivity index (χ0) is 11.5. The van der Waals surface area contributed by atoms with Crippen LogP contribution in [-0.4, -0.2) is 14.7 Å². The van der Waals surface area contributed by atoms with Crippen LogP contribution in [0.25, 0.3) is 0 Å². The molecule has 0 radical (unpaired) electrons. The number of nitrogens with one attached hydrogen (secondary N) is 1. The van der Waals surface area contributed by atoms with Gasteiger partial charge in [0, 0.05) is 19.3 Å². The van der Waals surface area contributed by atoms with Gasteiger partial charge in [-0.1, -0.05) is 12.1 Å². The average Bonchev–Trinajstić information content (AvgIpc) is 2.64. The van der Waals surface area contributed by atoms with Crippen molar-refractivity contribution < 1.29 is 4.92 Å². The summed E-state index contributed by atoms with van der Waals surface area (Å²) in [6.07, 6.45) is 3.35. The Kier molecular flexibility index (Phi) is 2.55. The fourth-order valence-electron chi connectivity index (χ4n) is 1.38. The van der Waals surface area contributed by atoms with Crippen molar-refractivity contribution >= 4 is 17.1 Å². The minimum Gasteiger partial charge on any atom is -0.347 e. The molecule has 0 fully saturated rings. The summed E-state index contributed by atoms with van der Waals surface area (Å²) in [7, 11) is 1.78. The quantitative estimate of drug-likeness (QED) is 0.632. The maximum atomic E-state index is 10.8. The predicted octanol–water partition coefficient (Wildman–Crippen LogP) is 2.07. The molecule has 0 atom stereocenters. The smallest absolute Gasteiger partial charge is 0.292 e. The van der Waals surface area contributed by atoms with Gasteiger partial charge in [-0.3, -0.25) is 14.8 Å². The highest BCUT2D eigenvalue weighted by Gasteiger charge is 2.12. The van der Waals surface area contributed by atoms with Crippen molar-refractivity contribution in [2.75, 3.05) is 5.32 Å². The largest absolute Gasteiger partial charge is 0.347 e. The second-order valence-corrected chi connectivity index (χ2v) is 3.30. The lowest BCUT2D eigenvalue weighted by Gasteiger charge is -2.03. The molecule has 6 nitrogen and oxygen atoms in total. The maximum Gasteiger partial charge on any atom is 0.292 e. The van der Waals surface area contributed by atoms with Gasteiger partial charge in [0.2, 0.25) is 0 Å². The van der Waals surface area contributed by atoms with Gasteiger partial charge < -0.3 is 5.32 Å². The molecule has 0 amide bonds. The third-order valence-electron chi connectivity index (χ3n) is 2.08. The Morgan fingerprint density at radius 1 is 1.44 bits per heavy atom. The van der Waals surface area contributed by atoms with Crippen LogP contribution in [-0.2, 0) is 7.05 Å². The van der Waals surface area contributed by atoms with Gasteiger partial charge in [-0.05, 0) is 6.07 Å². The number of benzene rings is 1. The summed E-state index contributed by atoms with van der Waals surface area (Å²) in [5.41, 5.74) is 1.23. The standard InChI is InChI=1S/C10H10N4O2/c1-13-7-8(6-11-13)12-9-4-2-3-5-10(9)14(15)16/h2-7,12H,1H3. The first-order chi connectivity index (χ1) is 7.66. The van der Waals surface area contributed by atoms with Crippen molar-refractivity contribution in [3.63, 3.8) is 0 Å². The van der Waals surface area contributed by atoms with Crippen LogP contribution in [0, 0.1) is 10.1 Å². The highest BCUT2D eigenvalue weighted by atomic mass is 16.6. The zero-order valence-electron chi connectivity index (χ0n) is 8.62. The van der Waals surface area contributed by atoms with E-state index in [4.69, 9.17) is 0 Å². The summed E-state index contributed by atoms with van der Waals surface area (Å²) in [4.78, 5) is 10.3. The summed E-state index contributed by atoms with van der Waals surface area (Å²) in [5, 5.41) is 17.7. The second kappa shape index (κ2) is 4.01. The first-order valence-electron chi connectivity index (χ1n) is 4.66. The number of nitro groups is 1. The number of hydrogen-bond donors (Lipinski definition) is 1. The van der Waals surface area contributed by atoms with E-state index in [-0.39, 0.29) is 5.69 Å². The first kappa shape index (κ1) is 10.2. The SMILES string of the molecule is Cn1cc(Nc2ccccc2[N+](=O)[O-])cn1. The van der Waals surface area contributed by atoms with E-state index in [9.17, 15) is 10.1 Å². The number of aryl methyl sites for hydroxylation is 1. The van der Waals surface area contributed by atoms with E-state index in [1.807, 2.05) is 0 Å². The van der Waals surface area contributed by atoms with E-state index < -0.39 is 4.92 Å². The van der Waals surface area contributed by atoms with E-state index in [1.165, 1.54) is 6.07 Å². The van der Waals surface area contributed by atoms with Crippen molar-refractivity contribution in [1.82, 2.24) is 9.78 Å². The highest BCUT2D eigenvalue weighted by Crippen LogP contribution is 2.26. The topological polar surface area (TPSA) is 73.0 Å². The Labute approximate surface area is 91.7 Å².